The minimum atomic E-state index is -2.72. The third-order valence-electron chi connectivity index (χ3n) is 5.84. The van der Waals surface area contributed by atoms with Gasteiger partial charge < -0.3 is 19.6 Å². The SMILES string of the molecule is Cc1oc2cc(Oc3ccnn4cc(C(=O)O)c(C)c34)ccc2c1C(=O)NC1CC(F)(F)C1. The Kier molecular flexibility index (Phi) is 4.62. The summed E-state index contributed by atoms with van der Waals surface area (Å²) in [7, 11) is 0. The molecule has 3 heterocycles. The number of hydrogen-bond donors (Lipinski definition) is 2. The zero-order valence-electron chi connectivity index (χ0n) is 17.7. The summed E-state index contributed by atoms with van der Waals surface area (Å²) in [5.41, 5.74) is 1.85. The van der Waals surface area contributed by atoms with Crippen LogP contribution in [0.4, 0.5) is 8.78 Å². The van der Waals surface area contributed by atoms with Crippen molar-refractivity contribution in [1.82, 2.24) is 14.9 Å². The number of fused-ring (bicyclic) bond motifs is 2. The Labute approximate surface area is 185 Å². The number of hydrogen-bond acceptors (Lipinski definition) is 5. The lowest BCUT2D eigenvalue weighted by Crippen LogP contribution is -2.50. The Balaban J connectivity index is 1.44. The van der Waals surface area contributed by atoms with E-state index in [0.29, 0.717) is 44.9 Å². The molecule has 2 N–H and O–H groups in total. The van der Waals surface area contributed by atoms with Gasteiger partial charge in [0.25, 0.3) is 11.8 Å². The highest BCUT2D eigenvalue weighted by atomic mass is 19.3. The average Bonchev–Trinajstić information content (AvgIpc) is 3.23. The van der Waals surface area contributed by atoms with Crippen molar-refractivity contribution < 1.29 is 32.6 Å². The first-order valence-electron chi connectivity index (χ1n) is 10.2. The van der Waals surface area contributed by atoms with Gasteiger partial charge in [-0.1, -0.05) is 0 Å². The molecule has 0 saturated heterocycles. The number of halogens is 2. The van der Waals surface area contributed by atoms with Gasteiger partial charge in [-0.3, -0.25) is 4.79 Å². The minimum absolute atomic E-state index is 0.121. The molecule has 10 heteroatoms. The highest BCUT2D eigenvalue weighted by Crippen LogP contribution is 2.38. The number of alkyl halides is 2. The average molecular weight is 455 g/mol. The van der Waals surface area contributed by atoms with E-state index in [2.05, 4.69) is 10.4 Å². The van der Waals surface area contributed by atoms with Crippen LogP contribution in [0, 0.1) is 13.8 Å². The van der Waals surface area contributed by atoms with Crippen molar-refractivity contribution in [3.8, 4) is 11.5 Å². The van der Waals surface area contributed by atoms with Gasteiger partial charge >= 0.3 is 5.97 Å². The maximum atomic E-state index is 13.1. The zero-order chi connectivity index (χ0) is 23.5. The van der Waals surface area contributed by atoms with Crippen LogP contribution in [-0.4, -0.2) is 38.6 Å². The Bertz CT molecular complexity index is 1430. The number of nitrogens with zero attached hydrogens (tertiary/aromatic N) is 2. The number of furan rings is 1. The van der Waals surface area contributed by atoms with Crippen molar-refractivity contribution in [2.75, 3.05) is 0 Å². The quantitative estimate of drug-likeness (QED) is 0.451. The molecule has 0 atom stereocenters. The molecule has 170 valence electrons. The third-order valence-corrected chi connectivity index (χ3v) is 5.84. The summed E-state index contributed by atoms with van der Waals surface area (Å²) in [5.74, 6) is -3.06. The summed E-state index contributed by atoms with van der Waals surface area (Å²) < 4.78 is 39.3. The summed E-state index contributed by atoms with van der Waals surface area (Å²) in [6.45, 7) is 3.31. The smallest absolute Gasteiger partial charge is 0.337 e. The summed E-state index contributed by atoms with van der Waals surface area (Å²) in [6.07, 6.45) is 2.18. The zero-order valence-corrected chi connectivity index (χ0v) is 17.7. The number of rotatable bonds is 5. The van der Waals surface area contributed by atoms with Gasteiger partial charge in [-0.15, -0.1) is 0 Å². The monoisotopic (exact) mass is 455 g/mol. The first-order valence-corrected chi connectivity index (χ1v) is 10.2. The van der Waals surface area contributed by atoms with Crippen molar-refractivity contribution >= 4 is 28.4 Å². The number of carboxylic acid groups (broad SMARTS) is 1. The largest absolute Gasteiger partial charge is 0.478 e. The molecular weight excluding hydrogens is 436 g/mol. The molecule has 1 fully saturated rings. The van der Waals surface area contributed by atoms with Gasteiger partial charge in [0.05, 0.1) is 17.3 Å². The molecular formula is C23H19F2N3O5. The van der Waals surface area contributed by atoms with Crippen LogP contribution in [0.25, 0.3) is 16.5 Å². The highest BCUT2D eigenvalue weighted by molar-refractivity contribution is 6.07. The summed E-state index contributed by atoms with van der Waals surface area (Å²) in [5, 5.41) is 16.7. The normalized spacial score (nSPS) is 15.5. The molecule has 0 unspecified atom stereocenters. The number of aryl methyl sites for hydroxylation is 2. The molecule has 33 heavy (non-hydrogen) atoms. The van der Waals surface area contributed by atoms with Crippen LogP contribution in [0.15, 0.2) is 41.1 Å². The van der Waals surface area contributed by atoms with Crippen molar-refractivity contribution in [2.45, 2.75) is 38.7 Å². The molecule has 0 radical (unpaired) electrons. The van der Waals surface area contributed by atoms with Crippen LogP contribution < -0.4 is 10.1 Å². The number of aromatic carboxylic acids is 1. The molecule has 1 aliphatic rings. The standard InChI is InChI=1S/C23H19F2N3O5/c1-11-16(22(30)31)10-28-20(11)17(5-6-26-28)33-14-3-4-15-18(7-14)32-12(2)19(15)21(29)27-13-8-23(24,25)9-13/h3-7,10,13H,8-9H2,1-2H3,(H,27,29)(H,30,31). The molecule has 0 aliphatic heterocycles. The number of carboxylic acids is 1. The fourth-order valence-corrected chi connectivity index (χ4v) is 4.21. The molecule has 0 spiro atoms. The van der Waals surface area contributed by atoms with E-state index in [1.54, 1.807) is 38.1 Å². The van der Waals surface area contributed by atoms with E-state index in [0.717, 1.165) is 0 Å². The van der Waals surface area contributed by atoms with E-state index < -0.39 is 23.8 Å². The molecule has 8 nitrogen and oxygen atoms in total. The van der Waals surface area contributed by atoms with Crippen molar-refractivity contribution in [1.29, 1.82) is 0 Å². The van der Waals surface area contributed by atoms with Crippen molar-refractivity contribution in [3.05, 3.63) is 59.1 Å². The maximum absolute atomic E-state index is 13.1. The van der Waals surface area contributed by atoms with Crippen LogP contribution in [-0.2, 0) is 0 Å². The molecule has 1 aromatic carbocycles. The predicted octanol–water partition coefficient (Wildman–Crippen LogP) is 4.72. The molecule has 1 saturated carbocycles. The van der Waals surface area contributed by atoms with Crippen LogP contribution in [0.3, 0.4) is 0 Å². The number of nitrogens with one attached hydrogen (secondary N) is 1. The van der Waals surface area contributed by atoms with Gasteiger partial charge in [-0.25, -0.2) is 18.1 Å². The van der Waals surface area contributed by atoms with E-state index in [1.807, 2.05) is 0 Å². The first kappa shape index (κ1) is 20.9. The van der Waals surface area contributed by atoms with E-state index >= 15 is 0 Å². The summed E-state index contributed by atoms with van der Waals surface area (Å²) >= 11 is 0. The number of amides is 1. The molecule has 5 rings (SSSR count). The maximum Gasteiger partial charge on any atom is 0.337 e. The van der Waals surface area contributed by atoms with Crippen LogP contribution in [0.5, 0.6) is 11.5 Å². The lowest BCUT2D eigenvalue weighted by molar-refractivity contribution is -0.0901. The minimum Gasteiger partial charge on any atom is -0.478 e. The predicted molar refractivity (Wildman–Crippen MR) is 113 cm³/mol. The van der Waals surface area contributed by atoms with Crippen LogP contribution in [0.2, 0.25) is 0 Å². The van der Waals surface area contributed by atoms with Gasteiger partial charge in [0.1, 0.15) is 22.6 Å². The Morgan fingerprint density at radius 3 is 2.73 bits per heavy atom. The highest BCUT2D eigenvalue weighted by Gasteiger charge is 2.46. The van der Waals surface area contributed by atoms with Crippen molar-refractivity contribution in [2.24, 2.45) is 0 Å². The Morgan fingerprint density at radius 1 is 1.27 bits per heavy atom. The lowest BCUT2D eigenvalue weighted by Gasteiger charge is -2.35. The van der Waals surface area contributed by atoms with Gasteiger partial charge in [-0.2, -0.15) is 5.10 Å². The summed E-state index contributed by atoms with van der Waals surface area (Å²) in [6, 6.07) is 5.99. The second-order valence-electron chi connectivity index (χ2n) is 8.19. The number of benzene rings is 1. The van der Waals surface area contributed by atoms with Gasteiger partial charge in [-0.05, 0) is 31.5 Å². The summed E-state index contributed by atoms with van der Waals surface area (Å²) in [4.78, 5) is 24.1. The number of ether oxygens (including phenoxy) is 1. The number of aromatic nitrogens is 2. The Morgan fingerprint density at radius 2 is 2.03 bits per heavy atom. The first-order chi connectivity index (χ1) is 15.6. The topological polar surface area (TPSA) is 106 Å². The van der Waals surface area contributed by atoms with Crippen LogP contribution >= 0.6 is 0 Å². The van der Waals surface area contributed by atoms with Gasteiger partial charge in [0, 0.05) is 42.6 Å². The van der Waals surface area contributed by atoms with E-state index in [1.165, 1.54) is 16.9 Å². The Hall–Kier alpha value is -3.95. The molecule has 1 amide bonds. The number of carbonyl (C=O) groups is 2. The van der Waals surface area contributed by atoms with E-state index in [9.17, 15) is 23.5 Å². The van der Waals surface area contributed by atoms with Gasteiger partial charge in [0.15, 0.2) is 5.75 Å². The molecule has 1 aliphatic carbocycles. The van der Waals surface area contributed by atoms with Gasteiger partial charge in [0.2, 0.25) is 0 Å². The third kappa shape index (κ3) is 3.57. The number of carbonyl (C=O) groups excluding carboxylic acids is 1. The fraction of sp³-hybridized carbons (Fsp3) is 0.261. The fourth-order valence-electron chi connectivity index (χ4n) is 4.21. The van der Waals surface area contributed by atoms with Crippen molar-refractivity contribution in [3.63, 3.8) is 0 Å². The molecule has 4 aromatic rings. The second-order valence-corrected chi connectivity index (χ2v) is 8.19. The van der Waals surface area contributed by atoms with E-state index in [4.69, 9.17) is 9.15 Å². The molecule has 3 aromatic heterocycles. The second kappa shape index (κ2) is 7.29. The molecule has 0 bridgehead atoms. The lowest BCUT2D eigenvalue weighted by atomic mass is 9.88. The van der Waals surface area contributed by atoms with Crippen LogP contribution in [0.1, 0.15) is 44.9 Å². The van der Waals surface area contributed by atoms with E-state index in [-0.39, 0.29) is 18.4 Å².